The number of ether oxygens (including phenoxy) is 1. The van der Waals surface area contributed by atoms with Crippen molar-refractivity contribution in [2.24, 2.45) is 0 Å². The fourth-order valence-electron chi connectivity index (χ4n) is 0.935. The van der Waals surface area contributed by atoms with Gasteiger partial charge in [-0.2, -0.15) is 0 Å². The Balaban J connectivity index is 2.20. The van der Waals surface area contributed by atoms with Gasteiger partial charge in [0.2, 0.25) is 0 Å². The molecule has 1 radical (unpaired) electrons. The second-order valence-electron chi connectivity index (χ2n) is 2.82. The Morgan fingerprint density at radius 2 is 2.00 bits per heavy atom. The van der Waals surface area contributed by atoms with E-state index in [2.05, 4.69) is 16.0 Å². The predicted molar refractivity (Wildman–Crippen MR) is 52.7 cm³/mol. The SMILES string of the molecule is OC(C[Se])COCc1ccccc1. The monoisotopic (exact) mass is 245 g/mol. The number of hydrogen-bond acceptors (Lipinski definition) is 2. The molecule has 2 nitrogen and oxygen atoms in total. The van der Waals surface area contributed by atoms with Crippen LogP contribution in [0.2, 0.25) is 5.32 Å². The van der Waals surface area contributed by atoms with Crippen LogP contribution in [-0.2, 0) is 11.3 Å². The summed E-state index contributed by atoms with van der Waals surface area (Å²) in [5.74, 6) is 0. The second kappa shape index (κ2) is 6.16. The summed E-state index contributed by atoms with van der Waals surface area (Å²) in [5, 5.41) is 9.80. The van der Waals surface area contributed by atoms with Crippen LogP contribution >= 0.6 is 0 Å². The predicted octanol–water partition coefficient (Wildman–Crippen LogP) is 1.15. The molecule has 0 aromatic heterocycles. The molecule has 0 bridgehead atoms. The molecule has 0 spiro atoms. The summed E-state index contributed by atoms with van der Waals surface area (Å²) in [6.07, 6.45) is -0.385. The first-order chi connectivity index (χ1) is 6.33. The molecule has 1 unspecified atom stereocenters. The van der Waals surface area contributed by atoms with Gasteiger partial charge >= 0.3 is 86.4 Å². The molecule has 0 saturated heterocycles. The van der Waals surface area contributed by atoms with Crippen LogP contribution in [0.3, 0.4) is 0 Å². The van der Waals surface area contributed by atoms with Crippen LogP contribution in [-0.4, -0.2) is 33.8 Å². The van der Waals surface area contributed by atoms with Gasteiger partial charge in [0.15, 0.2) is 0 Å². The molecule has 0 saturated carbocycles. The molecule has 0 aliphatic carbocycles. The molecule has 0 amide bonds. The average molecular weight is 244 g/mol. The van der Waals surface area contributed by atoms with Crippen molar-refractivity contribution in [2.45, 2.75) is 18.0 Å². The van der Waals surface area contributed by atoms with Gasteiger partial charge in [-0.1, -0.05) is 0 Å². The van der Waals surface area contributed by atoms with Crippen LogP contribution in [0.25, 0.3) is 0 Å². The quantitative estimate of drug-likeness (QED) is 0.787. The summed E-state index contributed by atoms with van der Waals surface area (Å²) < 4.78 is 5.30. The Hall–Kier alpha value is -0.341. The molecule has 0 aliphatic heterocycles. The zero-order valence-corrected chi connectivity index (χ0v) is 9.06. The molecule has 1 aromatic carbocycles. The third-order valence-corrected chi connectivity index (χ3v) is 2.42. The zero-order valence-electron chi connectivity index (χ0n) is 7.35. The van der Waals surface area contributed by atoms with E-state index in [0.29, 0.717) is 18.5 Å². The fraction of sp³-hybridized carbons (Fsp3) is 0.400. The number of hydrogen-bond donors (Lipinski definition) is 1. The second-order valence-corrected chi connectivity index (χ2v) is 3.52. The summed E-state index contributed by atoms with van der Waals surface area (Å²) in [4.78, 5) is 0. The van der Waals surface area contributed by atoms with Gasteiger partial charge in [0.25, 0.3) is 0 Å². The van der Waals surface area contributed by atoms with Gasteiger partial charge in [0, 0.05) is 0 Å². The molecule has 1 rings (SSSR count). The normalized spacial score (nSPS) is 12.8. The van der Waals surface area contributed by atoms with Gasteiger partial charge < -0.3 is 0 Å². The minimum absolute atomic E-state index is 0.385. The Kier molecular flexibility index (Phi) is 5.09. The molecule has 71 valence electrons. The number of benzene rings is 1. The van der Waals surface area contributed by atoms with E-state index in [1.165, 1.54) is 0 Å². The van der Waals surface area contributed by atoms with Gasteiger partial charge in [0.1, 0.15) is 0 Å². The zero-order chi connectivity index (χ0) is 9.52. The Morgan fingerprint density at radius 3 is 2.62 bits per heavy atom. The minimum atomic E-state index is -0.385. The average Bonchev–Trinajstić information content (AvgIpc) is 2.19. The molecular weight excluding hydrogens is 231 g/mol. The molecule has 13 heavy (non-hydrogen) atoms. The van der Waals surface area contributed by atoms with Crippen molar-refractivity contribution in [3.63, 3.8) is 0 Å². The van der Waals surface area contributed by atoms with Crippen LogP contribution in [0.15, 0.2) is 30.3 Å². The molecule has 0 aliphatic rings. The van der Waals surface area contributed by atoms with Crippen molar-refractivity contribution in [1.29, 1.82) is 0 Å². The van der Waals surface area contributed by atoms with Gasteiger partial charge in [-0.25, -0.2) is 0 Å². The van der Waals surface area contributed by atoms with E-state index in [-0.39, 0.29) is 6.10 Å². The van der Waals surface area contributed by atoms with Crippen molar-refractivity contribution in [3.8, 4) is 0 Å². The van der Waals surface area contributed by atoms with Crippen molar-refractivity contribution in [2.75, 3.05) is 6.61 Å². The third kappa shape index (κ3) is 4.44. The molecule has 0 heterocycles. The van der Waals surface area contributed by atoms with Crippen LogP contribution < -0.4 is 0 Å². The first-order valence-corrected chi connectivity index (χ1v) is 5.42. The van der Waals surface area contributed by atoms with Crippen molar-refractivity contribution in [1.82, 2.24) is 0 Å². The topological polar surface area (TPSA) is 29.5 Å². The summed E-state index contributed by atoms with van der Waals surface area (Å²) in [6.45, 7) is 0.958. The van der Waals surface area contributed by atoms with Crippen molar-refractivity contribution < 1.29 is 9.84 Å². The van der Waals surface area contributed by atoms with Crippen molar-refractivity contribution in [3.05, 3.63) is 35.9 Å². The van der Waals surface area contributed by atoms with Crippen LogP contribution in [0.1, 0.15) is 5.56 Å². The summed E-state index contributed by atoms with van der Waals surface area (Å²) in [6, 6.07) is 9.93. The standard InChI is InChI=1S/C10H13O2Se/c11-10(8-13)7-12-6-9-4-2-1-3-5-9/h1-5,10-11H,6-8H2. The summed E-state index contributed by atoms with van der Waals surface area (Å²) >= 11 is 2.76. The van der Waals surface area contributed by atoms with E-state index in [1.54, 1.807) is 0 Å². The first kappa shape index (κ1) is 10.7. The summed E-state index contributed by atoms with van der Waals surface area (Å²) in [5.41, 5.74) is 1.13. The van der Waals surface area contributed by atoms with E-state index in [1.807, 2.05) is 30.3 Å². The Labute approximate surface area is 86.7 Å². The maximum absolute atomic E-state index is 9.18. The Morgan fingerprint density at radius 1 is 1.31 bits per heavy atom. The van der Waals surface area contributed by atoms with Crippen LogP contribution in [0, 0.1) is 0 Å². The number of aliphatic hydroxyl groups excluding tert-OH is 1. The molecule has 1 aromatic rings. The first-order valence-electron chi connectivity index (χ1n) is 4.20. The van der Waals surface area contributed by atoms with Gasteiger partial charge in [-0.15, -0.1) is 0 Å². The molecule has 3 heteroatoms. The summed E-state index contributed by atoms with van der Waals surface area (Å²) in [7, 11) is 0. The molecule has 0 fully saturated rings. The number of rotatable bonds is 5. The van der Waals surface area contributed by atoms with E-state index in [9.17, 15) is 5.11 Å². The third-order valence-electron chi connectivity index (χ3n) is 1.61. The molecule has 1 atom stereocenters. The van der Waals surface area contributed by atoms with E-state index >= 15 is 0 Å². The molecular formula is C10H13O2Se. The van der Waals surface area contributed by atoms with Gasteiger partial charge in [-0.05, 0) is 0 Å². The van der Waals surface area contributed by atoms with Gasteiger partial charge in [-0.3, -0.25) is 0 Å². The Bertz CT molecular complexity index is 226. The van der Waals surface area contributed by atoms with E-state index in [4.69, 9.17) is 4.74 Å². The molecule has 1 N–H and O–H groups in total. The van der Waals surface area contributed by atoms with E-state index < -0.39 is 0 Å². The van der Waals surface area contributed by atoms with Crippen LogP contribution in [0.4, 0.5) is 0 Å². The maximum atomic E-state index is 9.18. The fourth-order valence-corrected chi connectivity index (χ4v) is 1.14. The van der Waals surface area contributed by atoms with E-state index in [0.717, 1.165) is 5.56 Å². The number of aliphatic hydroxyl groups is 1. The van der Waals surface area contributed by atoms with Gasteiger partial charge in [0.05, 0.1) is 0 Å². The van der Waals surface area contributed by atoms with Crippen molar-refractivity contribution >= 4 is 16.0 Å². The van der Waals surface area contributed by atoms with Crippen LogP contribution in [0.5, 0.6) is 0 Å².